The lowest BCUT2D eigenvalue weighted by Gasteiger charge is -2.25. The van der Waals surface area contributed by atoms with E-state index < -0.39 is 0 Å². The van der Waals surface area contributed by atoms with E-state index in [2.05, 4.69) is 5.32 Å². The Bertz CT molecular complexity index is 181. The van der Waals surface area contributed by atoms with Crippen molar-refractivity contribution in [2.45, 2.75) is 19.1 Å². The Balaban J connectivity index is 1.98. The van der Waals surface area contributed by atoms with Gasteiger partial charge < -0.3 is 15.0 Å². The third kappa shape index (κ3) is 1.32. The molecule has 0 radical (unpaired) electrons. The molecule has 0 aromatic rings. The van der Waals surface area contributed by atoms with Crippen LogP contribution in [0.3, 0.4) is 0 Å². The Morgan fingerprint density at radius 2 is 2.42 bits per heavy atom. The van der Waals surface area contributed by atoms with Gasteiger partial charge in [-0.15, -0.1) is 0 Å². The lowest BCUT2D eigenvalue weighted by Crippen LogP contribution is -2.47. The number of fused-ring (bicyclic) bond motifs is 1. The van der Waals surface area contributed by atoms with Gasteiger partial charge in [0.2, 0.25) is 5.91 Å². The van der Waals surface area contributed by atoms with Crippen LogP contribution in [0.2, 0.25) is 0 Å². The number of hydrogen-bond acceptors (Lipinski definition) is 3. The molecule has 12 heavy (non-hydrogen) atoms. The van der Waals surface area contributed by atoms with Gasteiger partial charge in [0.05, 0.1) is 18.8 Å². The predicted octanol–water partition coefficient (Wildman–Crippen LogP) is -0.794. The third-order valence-electron chi connectivity index (χ3n) is 2.55. The van der Waals surface area contributed by atoms with Gasteiger partial charge in [-0.3, -0.25) is 4.79 Å². The third-order valence-corrected chi connectivity index (χ3v) is 2.55. The topological polar surface area (TPSA) is 41.6 Å². The number of ether oxygens (including phenoxy) is 1. The van der Waals surface area contributed by atoms with Gasteiger partial charge in [-0.05, 0) is 0 Å². The van der Waals surface area contributed by atoms with Crippen molar-refractivity contribution in [3.63, 3.8) is 0 Å². The van der Waals surface area contributed by atoms with E-state index in [1.807, 2.05) is 4.90 Å². The van der Waals surface area contributed by atoms with Crippen LogP contribution < -0.4 is 5.32 Å². The largest absolute Gasteiger partial charge is 0.373 e. The van der Waals surface area contributed by atoms with Crippen molar-refractivity contribution >= 4 is 5.91 Å². The van der Waals surface area contributed by atoms with E-state index in [0.717, 1.165) is 26.2 Å². The maximum absolute atomic E-state index is 11.0. The Morgan fingerprint density at radius 3 is 3.08 bits per heavy atom. The maximum atomic E-state index is 11.0. The number of amides is 1. The van der Waals surface area contributed by atoms with E-state index in [0.29, 0.717) is 6.04 Å². The summed E-state index contributed by atoms with van der Waals surface area (Å²) in [6.07, 6.45) is 0.225. The highest BCUT2D eigenvalue weighted by Gasteiger charge is 2.36. The molecule has 1 N–H and O–H groups in total. The minimum absolute atomic E-state index is 0.148. The van der Waals surface area contributed by atoms with Crippen molar-refractivity contribution in [2.75, 3.05) is 26.2 Å². The second kappa shape index (κ2) is 3.03. The van der Waals surface area contributed by atoms with Gasteiger partial charge in [0.1, 0.15) is 0 Å². The van der Waals surface area contributed by atoms with Gasteiger partial charge in [0, 0.05) is 26.6 Å². The molecule has 68 valence electrons. The molecule has 4 nitrogen and oxygen atoms in total. The summed E-state index contributed by atoms with van der Waals surface area (Å²) in [5.41, 5.74) is 0. The summed E-state index contributed by atoms with van der Waals surface area (Å²) in [6, 6.07) is 0.364. The summed E-state index contributed by atoms with van der Waals surface area (Å²) in [6.45, 7) is 4.85. The molecule has 4 heteroatoms. The van der Waals surface area contributed by atoms with Crippen molar-refractivity contribution in [1.82, 2.24) is 10.2 Å². The smallest absolute Gasteiger partial charge is 0.219 e. The molecule has 2 heterocycles. The van der Waals surface area contributed by atoms with Gasteiger partial charge in [-0.1, -0.05) is 0 Å². The fraction of sp³-hybridized carbons (Fsp3) is 0.875. The van der Waals surface area contributed by atoms with E-state index >= 15 is 0 Å². The van der Waals surface area contributed by atoms with Crippen molar-refractivity contribution in [2.24, 2.45) is 0 Å². The number of nitrogens with one attached hydrogen (secondary N) is 1. The van der Waals surface area contributed by atoms with Gasteiger partial charge in [0.15, 0.2) is 0 Å². The monoisotopic (exact) mass is 170 g/mol. The van der Waals surface area contributed by atoms with Crippen LogP contribution in [0.1, 0.15) is 6.92 Å². The van der Waals surface area contributed by atoms with E-state index in [1.165, 1.54) is 0 Å². The van der Waals surface area contributed by atoms with Crippen LogP contribution >= 0.6 is 0 Å². The highest BCUT2D eigenvalue weighted by Crippen LogP contribution is 2.15. The molecule has 0 aliphatic carbocycles. The quantitative estimate of drug-likeness (QED) is 0.518. The van der Waals surface area contributed by atoms with Gasteiger partial charge in [0.25, 0.3) is 0 Å². The highest BCUT2D eigenvalue weighted by atomic mass is 16.5. The Hall–Kier alpha value is -0.610. The van der Waals surface area contributed by atoms with Crippen LogP contribution in [-0.4, -0.2) is 49.2 Å². The van der Waals surface area contributed by atoms with Crippen molar-refractivity contribution in [3.8, 4) is 0 Å². The van der Waals surface area contributed by atoms with E-state index in [1.54, 1.807) is 6.92 Å². The molecule has 2 fully saturated rings. The Morgan fingerprint density at radius 1 is 1.58 bits per heavy atom. The van der Waals surface area contributed by atoms with Gasteiger partial charge in [-0.2, -0.15) is 0 Å². The summed E-state index contributed by atoms with van der Waals surface area (Å²) in [4.78, 5) is 12.9. The zero-order chi connectivity index (χ0) is 8.55. The number of rotatable bonds is 0. The highest BCUT2D eigenvalue weighted by molar-refractivity contribution is 5.73. The summed E-state index contributed by atoms with van der Waals surface area (Å²) in [5, 5.41) is 3.35. The molecule has 1 amide bonds. The molecule has 0 bridgehead atoms. The molecule has 2 aliphatic rings. The maximum Gasteiger partial charge on any atom is 0.219 e. The number of likely N-dealkylation sites (tertiary alicyclic amines) is 1. The first-order valence-corrected chi connectivity index (χ1v) is 4.38. The van der Waals surface area contributed by atoms with Crippen LogP contribution in [0.15, 0.2) is 0 Å². The van der Waals surface area contributed by atoms with Crippen molar-refractivity contribution in [1.29, 1.82) is 0 Å². The molecule has 0 aromatic carbocycles. The number of carbonyl (C=O) groups is 1. The van der Waals surface area contributed by atoms with Crippen molar-refractivity contribution < 1.29 is 9.53 Å². The molecule has 2 rings (SSSR count). The Kier molecular flexibility index (Phi) is 2.02. The van der Waals surface area contributed by atoms with Gasteiger partial charge >= 0.3 is 0 Å². The van der Waals surface area contributed by atoms with Crippen LogP contribution in [0.5, 0.6) is 0 Å². The zero-order valence-corrected chi connectivity index (χ0v) is 7.25. The summed E-state index contributed by atoms with van der Waals surface area (Å²) in [7, 11) is 0. The molecule has 0 unspecified atom stereocenters. The minimum Gasteiger partial charge on any atom is -0.373 e. The summed E-state index contributed by atoms with van der Waals surface area (Å²) >= 11 is 0. The molecular formula is C8H14N2O2. The van der Waals surface area contributed by atoms with Crippen molar-refractivity contribution in [3.05, 3.63) is 0 Å². The predicted molar refractivity (Wildman–Crippen MR) is 43.8 cm³/mol. The number of morpholine rings is 1. The normalized spacial score (nSPS) is 34.9. The molecule has 0 aromatic heterocycles. The first-order valence-electron chi connectivity index (χ1n) is 4.38. The SMILES string of the molecule is CC(=O)N1C[C@@H]2NCCO[C@@H]2C1. The lowest BCUT2D eigenvalue weighted by atomic mass is 10.2. The Labute approximate surface area is 71.9 Å². The zero-order valence-electron chi connectivity index (χ0n) is 7.25. The standard InChI is InChI=1S/C8H14N2O2/c1-6(11)10-4-7-8(5-10)12-3-2-9-7/h7-9H,2-5H2,1H3/t7-,8+/m0/s1. The number of hydrogen-bond donors (Lipinski definition) is 1. The molecule has 0 saturated carbocycles. The minimum atomic E-state index is 0.148. The number of nitrogens with zero attached hydrogens (tertiary/aromatic N) is 1. The lowest BCUT2D eigenvalue weighted by molar-refractivity contribution is -0.128. The van der Waals surface area contributed by atoms with Crippen LogP contribution in [0.25, 0.3) is 0 Å². The van der Waals surface area contributed by atoms with Gasteiger partial charge in [-0.25, -0.2) is 0 Å². The molecule has 2 aliphatic heterocycles. The molecular weight excluding hydrogens is 156 g/mol. The fourth-order valence-electron chi connectivity index (χ4n) is 1.85. The summed E-state index contributed by atoms with van der Waals surface area (Å²) < 4.78 is 5.53. The summed E-state index contributed by atoms with van der Waals surface area (Å²) in [5.74, 6) is 0.148. The first-order chi connectivity index (χ1) is 5.77. The average Bonchev–Trinajstić information content (AvgIpc) is 2.46. The van der Waals surface area contributed by atoms with Crippen LogP contribution in [0, 0.1) is 0 Å². The van der Waals surface area contributed by atoms with Crippen LogP contribution in [0.4, 0.5) is 0 Å². The van der Waals surface area contributed by atoms with E-state index in [9.17, 15) is 4.79 Å². The molecule has 0 spiro atoms. The van der Waals surface area contributed by atoms with E-state index in [-0.39, 0.29) is 12.0 Å². The second-order valence-electron chi connectivity index (χ2n) is 3.39. The van der Waals surface area contributed by atoms with E-state index in [4.69, 9.17) is 4.74 Å². The molecule has 2 atom stereocenters. The number of carbonyl (C=O) groups excluding carboxylic acids is 1. The van der Waals surface area contributed by atoms with Crippen LogP contribution in [-0.2, 0) is 9.53 Å². The second-order valence-corrected chi connectivity index (χ2v) is 3.39. The fourth-order valence-corrected chi connectivity index (χ4v) is 1.85. The average molecular weight is 170 g/mol. The first kappa shape index (κ1) is 8.01. The molecule has 2 saturated heterocycles.